The number of hydrogen-bond donors (Lipinski definition) is 3. The van der Waals surface area contributed by atoms with Crippen LogP contribution in [0.5, 0.6) is 0 Å². The first kappa shape index (κ1) is 19.7. The van der Waals surface area contributed by atoms with Crippen molar-refractivity contribution in [2.24, 2.45) is 10.9 Å². The number of carbonyl (C=O) groups excluding carboxylic acids is 1. The van der Waals surface area contributed by atoms with Crippen molar-refractivity contribution >= 4 is 41.5 Å². The summed E-state index contributed by atoms with van der Waals surface area (Å²) in [5.74, 6) is 1.44. The average Bonchev–Trinajstić information content (AvgIpc) is 2.54. The molecule has 0 radical (unpaired) electrons. The maximum atomic E-state index is 11.9. The SMILES string of the molecule is CN=C(NCC(=O)Nc1ccccc1)NC1CCC(C)CC1.I. The van der Waals surface area contributed by atoms with Gasteiger partial charge in [-0.05, 0) is 43.7 Å². The van der Waals surface area contributed by atoms with Gasteiger partial charge in [0, 0.05) is 18.8 Å². The Labute approximate surface area is 155 Å². The van der Waals surface area contributed by atoms with Crippen LogP contribution in [0.3, 0.4) is 0 Å². The first-order chi connectivity index (χ1) is 10.7. The lowest BCUT2D eigenvalue weighted by molar-refractivity contribution is -0.115. The van der Waals surface area contributed by atoms with E-state index in [9.17, 15) is 4.79 Å². The van der Waals surface area contributed by atoms with Crippen LogP contribution < -0.4 is 16.0 Å². The van der Waals surface area contributed by atoms with E-state index < -0.39 is 0 Å². The molecule has 6 heteroatoms. The van der Waals surface area contributed by atoms with Gasteiger partial charge in [0.25, 0.3) is 0 Å². The van der Waals surface area contributed by atoms with Crippen molar-refractivity contribution in [1.29, 1.82) is 0 Å². The summed E-state index contributed by atoms with van der Waals surface area (Å²) in [5, 5.41) is 9.33. The molecule has 23 heavy (non-hydrogen) atoms. The monoisotopic (exact) mass is 430 g/mol. The molecule has 0 spiro atoms. The molecule has 0 atom stereocenters. The maximum Gasteiger partial charge on any atom is 0.243 e. The fourth-order valence-electron chi connectivity index (χ4n) is 2.68. The molecule has 1 amide bonds. The van der Waals surface area contributed by atoms with Gasteiger partial charge in [0.05, 0.1) is 6.54 Å². The number of benzene rings is 1. The van der Waals surface area contributed by atoms with E-state index in [-0.39, 0.29) is 36.4 Å². The molecule has 0 heterocycles. The molecule has 1 aliphatic rings. The molecule has 2 rings (SSSR count). The lowest BCUT2D eigenvalue weighted by atomic mass is 9.87. The quantitative estimate of drug-likeness (QED) is 0.391. The maximum absolute atomic E-state index is 11.9. The number of amides is 1. The zero-order chi connectivity index (χ0) is 15.8. The zero-order valence-corrected chi connectivity index (χ0v) is 16.2. The summed E-state index contributed by atoms with van der Waals surface area (Å²) in [6.07, 6.45) is 4.84. The smallest absolute Gasteiger partial charge is 0.243 e. The van der Waals surface area contributed by atoms with Crippen LogP contribution in [0.15, 0.2) is 35.3 Å². The van der Waals surface area contributed by atoms with Crippen molar-refractivity contribution in [2.45, 2.75) is 38.6 Å². The minimum atomic E-state index is -0.0774. The average molecular weight is 430 g/mol. The third-order valence-electron chi connectivity index (χ3n) is 4.05. The van der Waals surface area contributed by atoms with E-state index in [2.05, 4.69) is 27.9 Å². The summed E-state index contributed by atoms with van der Waals surface area (Å²) in [7, 11) is 1.73. The first-order valence-electron chi connectivity index (χ1n) is 7.99. The molecular weight excluding hydrogens is 403 g/mol. The minimum Gasteiger partial charge on any atom is -0.354 e. The molecule has 0 unspecified atom stereocenters. The molecular formula is C17H27IN4O. The fourth-order valence-corrected chi connectivity index (χ4v) is 2.68. The Balaban J connectivity index is 0.00000264. The van der Waals surface area contributed by atoms with Crippen LogP contribution in [0.1, 0.15) is 32.6 Å². The van der Waals surface area contributed by atoms with Crippen LogP contribution in [-0.2, 0) is 4.79 Å². The number of nitrogens with one attached hydrogen (secondary N) is 3. The molecule has 0 saturated heterocycles. The molecule has 1 aromatic carbocycles. The summed E-state index contributed by atoms with van der Waals surface area (Å²) in [6, 6.07) is 9.91. The standard InChI is InChI=1S/C17H26N4O.HI/c1-13-8-10-15(11-9-13)21-17(18-2)19-12-16(22)20-14-6-4-3-5-7-14;/h3-7,13,15H,8-12H2,1-2H3,(H,20,22)(H2,18,19,21);1H. The number of anilines is 1. The Morgan fingerprint density at radius 3 is 2.43 bits per heavy atom. The van der Waals surface area contributed by atoms with Crippen molar-refractivity contribution in [3.63, 3.8) is 0 Å². The third-order valence-corrected chi connectivity index (χ3v) is 4.05. The van der Waals surface area contributed by atoms with Gasteiger partial charge in [0.2, 0.25) is 5.91 Å². The number of rotatable bonds is 4. The van der Waals surface area contributed by atoms with Gasteiger partial charge >= 0.3 is 0 Å². The number of carbonyl (C=O) groups is 1. The normalized spacial score (nSPS) is 21.0. The van der Waals surface area contributed by atoms with Crippen molar-refractivity contribution in [2.75, 3.05) is 18.9 Å². The number of halogens is 1. The molecule has 1 fully saturated rings. The van der Waals surface area contributed by atoms with Crippen LogP contribution in [-0.4, -0.2) is 31.5 Å². The summed E-state index contributed by atoms with van der Waals surface area (Å²) in [5.41, 5.74) is 0.804. The van der Waals surface area contributed by atoms with E-state index in [1.54, 1.807) is 7.05 Å². The van der Waals surface area contributed by atoms with E-state index in [1.807, 2.05) is 30.3 Å². The van der Waals surface area contributed by atoms with Gasteiger partial charge in [-0.1, -0.05) is 25.1 Å². The molecule has 3 N–H and O–H groups in total. The van der Waals surface area contributed by atoms with Crippen LogP contribution >= 0.6 is 24.0 Å². The molecule has 0 aliphatic heterocycles. The zero-order valence-electron chi connectivity index (χ0n) is 13.8. The van der Waals surface area contributed by atoms with E-state index in [0.29, 0.717) is 12.0 Å². The largest absolute Gasteiger partial charge is 0.354 e. The van der Waals surface area contributed by atoms with Crippen LogP contribution in [0.4, 0.5) is 5.69 Å². The summed E-state index contributed by atoms with van der Waals surface area (Å²) in [6.45, 7) is 2.51. The summed E-state index contributed by atoms with van der Waals surface area (Å²) in [4.78, 5) is 16.1. The van der Waals surface area contributed by atoms with Crippen LogP contribution in [0.2, 0.25) is 0 Å². The highest BCUT2D eigenvalue weighted by Gasteiger charge is 2.19. The Bertz CT molecular complexity index is 499. The number of guanidine groups is 1. The van der Waals surface area contributed by atoms with Crippen LogP contribution in [0.25, 0.3) is 0 Å². The van der Waals surface area contributed by atoms with E-state index in [4.69, 9.17) is 0 Å². The molecule has 128 valence electrons. The second kappa shape index (κ2) is 10.5. The fraction of sp³-hybridized carbons (Fsp3) is 0.529. The first-order valence-corrected chi connectivity index (χ1v) is 7.99. The van der Waals surface area contributed by atoms with E-state index in [1.165, 1.54) is 12.8 Å². The topological polar surface area (TPSA) is 65.5 Å². The predicted molar refractivity (Wildman–Crippen MR) is 106 cm³/mol. The second-order valence-corrected chi connectivity index (χ2v) is 5.94. The molecule has 1 saturated carbocycles. The molecule has 5 nitrogen and oxygen atoms in total. The second-order valence-electron chi connectivity index (χ2n) is 5.94. The Morgan fingerprint density at radius 2 is 1.83 bits per heavy atom. The predicted octanol–water partition coefficient (Wildman–Crippen LogP) is 2.99. The van der Waals surface area contributed by atoms with Crippen molar-refractivity contribution < 1.29 is 4.79 Å². The Kier molecular flexibility index (Phi) is 8.98. The molecule has 0 bridgehead atoms. The third kappa shape index (κ3) is 7.20. The van der Waals surface area contributed by atoms with E-state index >= 15 is 0 Å². The number of hydrogen-bond acceptors (Lipinski definition) is 2. The molecule has 1 aliphatic carbocycles. The lowest BCUT2D eigenvalue weighted by Crippen LogP contribution is -2.46. The molecule has 0 aromatic heterocycles. The minimum absolute atomic E-state index is 0. The number of nitrogens with zero attached hydrogens (tertiary/aromatic N) is 1. The Hall–Kier alpha value is -1.31. The van der Waals surface area contributed by atoms with Gasteiger partial charge in [-0.3, -0.25) is 9.79 Å². The van der Waals surface area contributed by atoms with Gasteiger partial charge in [0.1, 0.15) is 0 Å². The molecule has 1 aromatic rings. The summed E-state index contributed by atoms with van der Waals surface area (Å²) < 4.78 is 0. The number of para-hydroxylation sites is 1. The summed E-state index contributed by atoms with van der Waals surface area (Å²) >= 11 is 0. The highest BCUT2D eigenvalue weighted by Crippen LogP contribution is 2.23. The number of aliphatic imine (C=N–C) groups is 1. The van der Waals surface area contributed by atoms with Crippen molar-refractivity contribution in [3.05, 3.63) is 30.3 Å². The highest BCUT2D eigenvalue weighted by molar-refractivity contribution is 14.0. The van der Waals surface area contributed by atoms with Gasteiger partial charge in [-0.15, -0.1) is 24.0 Å². The van der Waals surface area contributed by atoms with Gasteiger partial charge in [0.15, 0.2) is 5.96 Å². The van der Waals surface area contributed by atoms with Crippen molar-refractivity contribution in [1.82, 2.24) is 10.6 Å². The van der Waals surface area contributed by atoms with Crippen LogP contribution in [0, 0.1) is 5.92 Å². The van der Waals surface area contributed by atoms with Crippen molar-refractivity contribution in [3.8, 4) is 0 Å². The Morgan fingerprint density at radius 1 is 1.17 bits per heavy atom. The lowest BCUT2D eigenvalue weighted by Gasteiger charge is -2.28. The van der Waals surface area contributed by atoms with Gasteiger partial charge in [-0.25, -0.2) is 0 Å². The highest BCUT2D eigenvalue weighted by atomic mass is 127. The van der Waals surface area contributed by atoms with Gasteiger partial charge in [-0.2, -0.15) is 0 Å². The van der Waals surface area contributed by atoms with Gasteiger partial charge < -0.3 is 16.0 Å². The van der Waals surface area contributed by atoms with E-state index in [0.717, 1.165) is 24.4 Å².